The van der Waals surface area contributed by atoms with Crippen molar-refractivity contribution >= 4 is 5.97 Å². The topological polar surface area (TPSA) is 49.8 Å². The van der Waals surface area contributed by atoms with Crippen molar-refractivity contribution in [3.05, 3.63) is 29.8 Å². The van der Waals surface area contributed by atoms with Gasteiger partial charge in [-0.1, -0.05) is 0 Å². The summed E-state index contributed by atoms with van der Waals surface area (Å²) >= 11 is 0. The summed E-state index contributed by atoms with van der Waals surface area (Å²) in [5, 5.41) is 8.86. The zero-order valence-electron chi connectivity index (χ0n) is 13.4. The molecule has 0 aromatic heterocycles. The highest BCUT2D eigenvalue weighted by atomic mass is 19.4. The number of aliphatic carboxylic acids is 1. The molecule has 0 saturated carbocycles. The van der Waals surface area contributed by atoms with Gasteiger partial charge in [-0.25, -0.2) is 0 Å². The summed E-state index contributed by atoms with van der Waals surface area (Å²) in [7, 11) is 0. The molecule has 1 saturated heterocycles. The minimum atomic E-state index is -4.34. The number of halogens is 3. The molecule has 1 aliphatic heterocycles. The van der Waals surface area contributed by atoms with Crippen LogP contribution >= 0.6 is 0 Å². The van der Waals surface area contributed by atoms with Gasteiger partial charge in [0.2, 0.25) is 0 Å². The SMILES string of the molecule is O=C(O)CC1CCCN(CCOc2ccc(C(F)(F)F)cc2)CC1. The molecule has 4 nitrogen and oxygen atoms in total. The molecule has 1 N–H and O–H groups in total. The van der Waals surface area contributed by atoms with E-state index in [1.54, 1.807) is 0 Å². The van der Waals surface area contributed by atoms with Gasteiger partial charge in [0.25, 0.3) is 0 Å². The zero-order valence-corrected chi connectivity index (χ0v) is 13.4. The van der Waals surface area contributed by atoms with Gasteiger partial charge < -0.3 is 9.84 Å². The van der Waals surface area contributed by atoms with E-state index in [1.807, 2.05) is 0 Å². The van der Waals surface area contributed by atoms with Crippen LogP contribution in [0.3, 0.4) is 0 Å². The van der Waals surface area contributed by atoms with Crippen molar-refractivity contribution in [1.29, 1.82) is 0 Å². The average Bonchev–Trinajstić information content (AvgIpc) is 2.72. The Morgan fingerprint density at radius 1 is 1.21 bits per heavy atom. The second-order valence-electron chi connectivity index (χ2n) is 6.11. The van der Waals surface area contributed by atoms with E-state index in [0.717, 1.165) is 44.5 Å². The molecule has 1 aromatic carbocycles. The first-order valence-electron chi connectivity index (χ1n) is 8.09. The highest BCUT2D eigenvalue weighted by molar-refractivity contribution is 5.67. The molecule has 0 bridgehead atoms. The predicted octanol–water partition coefficient (Wildman–Crippen LogP) is 3.66. The highest BCUT2D eigenvalue weighted by Gasteiger charge is 2.30. The Kier molecular flexibility index (Phi) is 6.48. The van der Waals surface area contributed by atoms with E-state index in [9.17, 15) is 18.0 Å². The predicted molar refractivity (Wildman–Crippen MR) is 83.0 cm³/mol. The fourth-order valence-corrected chi connectivity index (χ4v) is 2.93. The average molecular weight is 345 g/mol. The molecule has 134 valence electrons. The summed E-state index contributed by atoms with van der Waals surface area (Å²) < 4.78 is 42.9. The van der Waals surface area contributed by atoms with E-state index in [2.05, 4.69) is 4.90 Å². The normalized spacial score (nSPS) is 19.7. The van der Waals surface area contributed by atoms with Gasteiger partial charge in [0.1, 0.15) is 12.4 Å². The first-order valence-corrected chi connectivity index (χ1v) is 8.09. The third-order valence-corrected chi connectivity index (χ3v) is 4.26. The number of likely N-dealkylation sites (tertiary alicyclic amines) is 1. The molecule has 0 spiro atoms. The van der Waals surface area contributed by atoms with Gasteiger partial charge >= 0.3 is 12.1 Å². The fourth-order valence-electron chi connectivity index (χ4n) is 2.93. The summed E-state index contributed by atoms with van der Waals surface area (Å²) in [6.45, 7) is 2.80. The fraction of sp³-hybridized carbons (Fsp3) is 0.588. The zero-order chi connectivity index (χ0) is 17.6. The van der Waals surface area contributed by atoms with E-state index in [1.165, 1.54) is 12.1 Å². The van der Waals surface area contributed by atoms with Gasteiger partial charge in [-0.2, -0.15) is 13.2 Å². The number of ether oxygens (including phenoxy) is 1. The van der Waals surface area contributed by atoms with Crippen molar-refractivity contribution in [2.24, 2.45) is 5.92 Å². The van der Waals surface area contributed by atoms with E-state index in [4.69, 9.17) is 9.84 Å². The van der Waals surface area contributed by atoms with Crippen LogP contribution in [0.2, 0.25) is 0 Å². The second kappa shape index (κ2) is 8.37. The molecule has 24 heavy (non-hydrogen) atoms. The molecule has 1 aliphatic rings. The van der Waals surface area contributed by atoms with Gasteiger partial charge in [-0.05, 0) is 62.5 Å². The van der Waals surface area contributed by atoms with Crippen LogP contribution in [0.5, 0.6) is 5.75 Å². The minimum Gasteiger partial charge on any atom is -0.492 e. The maximum Gasteiger partial charge on any atom is 0.416 e. The largest absolute Gasteiger partial charge is 0.492 e. The number of carbonyl (C=O) groups is 1. The molecule has 2 rings (SSSR count). The Balaban J connectivity index is 1.73. The lowest BCUT2D eigenvalue weighted by Crippen LogP contribution is -2.29. The molecule has 1 unspecified atom stereocenters. The lowest BCUT2D eigenvalue weighted by Gasteiger charge is -2.20. The van der Waals surface area contributed by atoms with Crippen LogP contribution in [-0.2, 0) is 11.0 Å². The Labute approximate surface area is 139 Å². The summed E-state index contributed by atoms with van der Waals surface area (Å²) in [6, 6.07) is 4.68. The maximum atomic E-state index is 12.5. The van der Waals surface area contributed by atoms with E-state index in [0.29, 0.717) is 18.9 Å². The Bertz CT molecular complexity index is 531. The second-order valence-corrected chi connectivity index (χ2v) is 6.11. The van der Waals surface area contributed by atoms with Crippen molar-refractivity contribution in [3.8, 4) is 5.75 Å². The van der Waals surface area contributed by atoms with Crippen molar-refractivity contribution in [2.45, 2.75) is 31.9 Å². The minimum absolute atomic E-state index is 0.218. The lowest BCUT2D eigenvalue weighted by atomic mass is 9.97. The number of carboxylic acid groups (broad SMARTS) is 1. The number of nitrogens with zero attached hydrogens (tertiary/aromatic N) is 1. The van der Waals surface area contributed by atoms with Crippen molar-refractivity contribution in [3.63, 3.8) is 0 Å². The van der Waals surface area contributed by atoms with Crippen LogP contribution in [0.15, 0.2) is 24.3 Å². The van der Waals surface area contributed by atoms with E-state index in [-0.39, 0.29) is 12.3 Å². The molecule has 0 amide bonds. The molecule has 1 atom stereocenters. The van der Waals surface area contributed by atoms with E-state index < -0.39 is 17.7 Å². The molecular weight excluding hydrogens is 323 g/mol. The quantitative estimate of drug-likeness (QED) is 0.855. The van der Waals surface area contributed by atoms with Crippen LogP contribution < -0.4 is 4.74 Å². The van der Waals surface area contributed by atoms with Gasteiger partial charge in [-0.3, -0.25) is 9.69 Å². The molecule has 7 heteroatoms. The van der Waals surface area contributed by atoms with Crippen LogP contribution in [-0.4, -0.2) is 42.2 Å². The van der Waals surface area contributed by atoms with Crippen molar-refractivity contribution < 1.29 is 27.8 Å². The number of benzene rings is 1. The monoisotopic (exact) mass is 345 g/mol. The van der Waals surface area contributed by atoms with Crippen molar-refractivity contribution in [2.75, 3.05) is 26.2 Å². The van der Waals surface area contributed by atoms with Crippen LogP contribution in [0, 0.1) is 5.92 Å². The molecule has 1 heterocycles. The van der Waals surface area contributed by atoms with Gasteiger partial charge in [0.15, 0.2) is 0 Å². The molecule has 1 fully saturated rings. The number of carboxylic acids is 1. The van der Waals surface area contributed by atoms with Crippen LogP contribution in [0.1, 0.15) is 31.2 Å². The third kappa shape index (κ3) is 6.03. The number of hydrogen-bond acceptors (Lipinski definition) is 3. The number of rotatable bonds is 6. The molecule has 0 radical (unpaired) electrons. The van der Waals surface area contributed by atoms with Gasteiger partial charge in [0, 0.05) is 13.0 Å². The number of hydrogen-bond donors (Lipinski definition) is 1. The Hall–Kier alpha value is -1.76. The van der Waals surface area contributed by atoms with Gasteiger partial charge in [-0.15, -0.1) is 0 Å². The summed E-state index contributed by atoms with van der Waals surface area (Å²) in [6.07, 6.45) is -1.39. The standard InChI is InChI=1S/C17H22F3NO3/c18-17(19,20)14-3-5-15(6-4-14)24-11-10-21-8-1-2-13(7-9-21)12-16(22)23/h3-6,13H,1-2,7-12H2,(H,22,23). The first-order chi connectivity index (χ1) is 11.3. The summed E-state index contributed by atoms with van der Waals surface area (Å²) in [5.74, 6) is -0.107. The Morgan fingerprint density at radius 3 is 2.54 bits per heavy atom. The van der Waals surface area contributed by atoms with Crippen molar-refractivity contribution in [1.82, 2.24) is 4.90 Å². The molecule has 0 aliphatic carbocycles. The maximum absolute atomic E-state index is 12.5. The smallest absolute Gasteiger partial charge is 0.416 e. The highest BCUT2D eigenvalue weighted by Crippen LogP contribution is 2.30. The molecular formula is C17H22F3NO3. The summed E-state index contributed by atoms with van der Waals surface area (Å²) in [4.78, 5) is 13.0. The summed E-state index contributed by atoms with van der Waals surface area (Å²) in [5.41, 5.74) is -0.688. The third-order valence-electron chi connectivity index (χ3n) is 4.26. The van der Waals surface area contributed by atoms with Gasteiger partial charge in [0.05, 0.1) is 5.56 Å². The van der Waals surface area contributed by atoms with Crippen LogP contribution in [0.4, 0.5) is 13.2 Å². The first kappa shape index (κ1) is 18.6. The van der Waals surface area contributed by atoms with Crippen LogP contribution in [0.25, 0.3) is 0 Å². The Morgan fingerprint density at radius 2 is 1.92 bits per heavy atom. The molecule has 1 aromatic rings. The number of alkyl halides is 3. The lowest BCUT2D eigenvalue weighted by molar-refractivity contribution is -0.138. The van der Waals surface area contributed by atoms with E-state index >= 15 is 0 Å².